The second kappa shape index (κ2) is 10.7. The Hall–Kier alpha value is -2.75. The standard InChI is InChI=1S/C18H21N3O7S/c1-10(22)25-9-14-16(26-11(2)23)15(20-21-19)17(27-12(3)24)18(28-14)29-13-7-5-4-6-8-13/h4-8,14-18H,9H2,1-3H3/t14-,15+,16+,17-,18+/m1/s1. The van der Waals surface area contributed by atoms with Crippen molar-refractivity contribution in [3.8, 4) is 0 Å². The molecule has 2 rings (SSSR count). The largest absolute Gasteiger partial charge is 0.463 e. The smallest absolute Gasteiger partial charge is 0.303 e. The molecule has 1 aromatic carbocycles. The maximum Gasteiger partial charge on any atom is 0.303 e. The third-order valence-electron chi connectivity index (χ3n) is 3.85. The highest BCUT2D eigenvalue weighted by atomic mass is 32.2. The van der Waals surface area contributed by atoms with Crippen molar-refractivity contribution in [2.75, 3.05) is 6.61 Å². The van der Waals surface area contributed by atoms with Crippen LogP contribution in [0.2, 0.25) is 0 Å². The molecule has 1 fully saturated rings. The number of azide groups is 1. The Morgan fingerprint density at radius 3 is 2.24 bits per heavy atom. The van der Waals surface area contributed by atoms with Gasteiger partial charge in [-0.05, 0) is 17.7 Å². The maximum atomic E-state index is 11.7. The van der Waals surface area contributed by atoms with Crippen molar-refractivity contribution >= 4 is 29.7 Å². The van der Waals surface area contributed by atoms with Gasteiger partial charge in [-0.25, -0.2) is 0 Å². The predicted octanol–water partition coefficient (Wildman–Crippen LogP) is 2.61. The van der Waals surface area contributed by atoms with Crippen LogP contribution in [0.3, 0.4) is 0 Å². The second-order valence-electron chi connectivity index (χ2n) is 6.12. The molecule has 29 heavy (non-hydrogen) atoms. The molecule has 10 nitrogen and oxygen atoms in total. The molecule has 1 saturated heterocycles. The van der Waals surface area contributed by atoms with E-state index in [1.807, 2.05) is 30.3 Å². The lowest BCUT2D eigenvalue weighted by atomic mass is 9.97. The van der Waals surface area contributed by atoms with E-state index in [0.29, 0.717) is 0 Å². The van der Waals surface area contributed by atoms with Crippen molar-refractivity contribution in [3.63, 3.8) is 0 Å². The van der Waals surface area contributed by atoms with Gasteiger partial charge < -0.3 is 18.9 Å². The maximum absolute atomic E-state index is 11.7. The van der Waals surface area contributed by atoms with Crippen LogP contribution in [0, 0.1) is 0 Å². The molecule has 0 bridgehead atoms. The molecule has 0 aliphatic carbocycles. The van der Waals surface area contributed by atoms with Gasteiger partial charge in [-0.1, -0.05) is 35.1 Å². The molecule has 0 unspecified atom stereocenters. The average Bonchev–Trinajstić information content (AvgIpc) is 2.65. The number of nitrogens with zero attached hydrogens (tertiary/aromatic N) is 3. The van der Waals surface area contributed by atoms with Gasteiger partial charge >= 0.3 is 17.9 Å². The minimum absolute atomic E-state index is 0.233. The molecule has 1 aliphatic heterocycles. The molecular formula is C18H21N3O7S. The van der Waals surface area contributed by atoms with E-state index in [-0.39, 0.29) is 6.61 Å². The Morgan fingerprint density at radius 2 is 1.69 bits per heavy atom. The normalized spacial score (nSPS) is 26.0. The SMILES string of the molecule is CC(=O)OC[C@H]1O[C@@H](Sc2ccccc2)[C@H](OC(C)=O)[C@@H](N=[N+]=[N-])[C@H]1OC(C)=O. The van der Waals surface area contributed by atoms with Crippen molar-refractivity contribution in [3.05, 3.63) is 40.8 Å². The predicted molar refractivity (Wildman–Crippen MR) is 102 cm³/mol. The van der Waals surface area contributed by atoms with E-state index in [9.17, 15) is 14.4 Å². The molecule has 0 N–H and O–H groups in total. The summed E-state index contributed by atoms with van der Waals surface area (Å²) in [4.78, 5) is 38.2. The number of thioether (sulfide) groups is 1. The van der Waals surface area contributed by atoms with Crippen molar-refractivity contribution in [1.29, 1.82) is 0 Å². The van der Waals surface area contributed by atoms with Gasteiger partial charge in [0.05, 0.1) is 0 Å². The monoisotopic (exact) mass is 423 g/mol. The first kappa shape index (κ1) is 22.5. The fourth-order valence-electron chi connectivity index (χ4n) is 2.80. The summed E-state index contributed by atoms with van der Waals surface area (Å²) in [6.07, 6.45) is -3.07. The van der Waals surface area contributed by atoms with Gasteiger partial charge in [-0.15, -0.1) is 0 Å². The molecule has 156 valence electrons. The highest BCUT2D eigenvalue weighted by molar-refractivity contribution is 7.99. The summed E-state index contributed by atoms with van der Waals surface area (Å²) in [5.41, 5.74) is 8.25. The number of rotatable bonds is 7. The molecule has 11 heteroatoms. The second-order valence-corrected chi connectivity index (χ2v) is 7.29. The third kappa shape index (κ3) is 6.67. The Kier molecular flexibility index (Phi) is 8.32. The van der Waals surface area contributed by atoms with E-state index >= 15 is 0 Å². The molecule has 1 aliphatic rings. The van der Waals surface area contributed by atoms with E-state index in [4.69, 9.17) is 24.5 Å². The third-order valence-corrected chi connectivity index (χ3v) is 5.01. The first-order chi connectivity index (χ1) is 13.8. The zero-order valence-electron chi connectivity index (χ0n) is 16.1. The van der Waals surface area contributed by atoms with Crippen LogP contribution in [0.15, 0.2) is 40.3 Å². The van der Waals surface area contributed by atoms with Crippen LogP contribution in [-0.2, 0) is 33.3 Å². The van der Waals surface area contributed by atoms with Gasteiger partial charge in [-0.2, -0.15) is 0 Å². The molecule has 0 amide bonds. The minimum Gasteiger partial charge on any atom is -0.463 e. The summed E-state index contributed by atoms with van der Waals surface area (Å²) in [6, 6.07) is 8.09. The number of ether oxygens (including phenoxy) is 4. The first-order valence-electron chi connectivity index (χ1n) is 8.71. The summed E-state index contributed by atoms with van der Waals surface area (Å²) < 4.78 is 21.7. The quantitative estimate of drug-likeness (QED) is 0.214. The van der Waals surface area contributed by atoms with Crippen LogP contribution in [-0.4, -0.2) is 54.3 Å². The number of carbonyl (C=O) groups is 3. The van der Waals surface area contributed by atoms with Crippen LogP contribution < -0.4 is 0 Å². The van der Waals surface area contributed by atoms with Crippen molar-refractivity contribution in [2.24, 2.45) is 5.11 Å². The lowest BCUT2D eigenvalue weighted by Gasteiger charge is -2.43. The lowest BCUT2D eigenvalue weighted by Crippen LogP contribution is -2.59. The molecular weight excluding hydrogens is 402 g/mol. The zero-order chi connectivity index (χ0) is 21.4. The van der Waals surface area contributed by atoms with E-state index in [2.05, 4.69) is 10.0 Å². The molecule has 0 saturated carbocycles. The van der Waals surface area contributed by atoms with Crippen LogP contribution in [0.4, 0.5) is 0 Å². The van der Waals surface area contributed by atoms with Crippen molar-refractivity contribution in [1.82, 2.24) is 0 Å². The van der Waals surface area contributed by atoms with Crippen molar-refractivity contribution < 1.29 is 33.3 Å². The van der Waals surface area contributed by atoms with Gasteiger partial charge in [-0.3, -0.25) is 14.4 Å². The summed E-state index contributed by atoms with van der Waals surface area (Å²) in [5, 5.41) is 3.71. The number of hydrogen-bond acceptors (Lipinski definition) is 9. The molecule has 0 spiro atoms. The Balaban J connectivity index is 2.41. The fraction of sp³-hybridized carbons (Fsp3) is 0.500. The zero-order valence-corrected chi connectivity index (χ0v) is 16.9. The van der Waals surface area contributed by atoms with Gasteiger partial charge in [0.2, 0.25) is 0 Å². The van der Waals surface area contributed by atoms with Crippen LogP contribution in [0.25, 0.3) is 10.4 Å². The van der Waals surface area contributed by atoms with E-state index in [1.54, 1.807) is 0 Å². The summed E-state index contributed by atoms with van der Waals surface area (Å²) in [6.45, 7) is 3.39. The van der Waals surface area contributed by atoms with Gasteiger partial charge in [0.25, 0.3) is 0 Å². The first-order valence-corrected chi connectivity index (χ1v) is 9.59. The van der Waals surface area contributed by atoms with Crippen molar-refractivity contribution in [2.45, 2.75) is 55.5 Å². The summed E-state index contributed by atoms with van der Waals surface area (Å²) in [7, 11) is 0. The molecule has 1 heterocycles. The van der Waals surface area contributed by atoms with Crippen LogP contribution >= 0.6 is 11.8 Å². The van der Waals surface area contributed by atoms with E-state index < -0.39 is 47.7 Å². The van der Waals surface area contributed by atoms with E-state index in [0.717, 1.165) is 4.90 Å². The minimum atomic E-state index is -1.11. The number of benzene rings is 1. The Bertz CT molecular complexity index is 785. The van der Waals surface area contributed by atoms with Crippen LogP contribution in [0.1, 0.15) is 20.8 Å². The number of carbonyl (C=O) groups excluding carboxylic acids is 3. The number of hydrogen-bond donors (Lipinski definition) is 0. The topological polar surface area (TPSA) is 137 Å². The highest BCUT2D eigenvalue weighted by Crippen LogP contribution is 2.37. The molecule has 0 aromatic heterocycles. The van der Waals surface area contributed by atoms with Gasteiger partial charge in [0.15, 0.2) is 0 Å². The highest BCUT2D eigenvalue weighted by Gasteiger charge is 2.50. The van der Waals surface area contributed by atoms with Gasteiger partial charge in [0.1, 0.15) is 36.4 Å². The lowest BCUT2D eigenvalue weighted by molar-refractivity contribution is -0.201. The van der Waals surface area contributed by atoms with Gasteiger partial charge in [0, 0.05) is 30.6 Å². The average molecular weight is 423 g/mol. The van der Waals surface area contributed by atoms with E-state index in [1.165, 1.54) is 32.5 Å². The Labute approximate surface area is 171 Å². The molecule has 0 radical (unpaired) electrons. The Morgan fingerprint density at radius 1 is 1.07 bits per heavy atom. The molecule has 1 aromatic rings. The summed E-state index contributed by atoms with van der Waals surface area (Å²) in [5.74, 6) is -1.82. The molecule has 5 atom stereocenters. The fourth-order valence-corrected chi connectivity index (χ4v) is 3.93. The number of esters is 3. The summed E-state index contributed by atoms with van der Waals surface area (Å²) >= 11 is 1.24. The van der Waals surface area contributed by atoms with Crippen LogP contribution in [0.5, 0.6) is 0 Å².